The second kappa shape index (κ2) is 8.11. The van der Waals surface area contributed by atoms with Crippen LogP contribution in [0.25, 0.3) is 0 Å². The van der Waals surface area contributed by atoms with Gasteiger partial charge in [0.25, 0.3) is 5.69 Å². The molecule has 0 unspecified atom stereocenters. The molecule has 138 valence electrons. The summed E-state index contributed by atoms with van der Waals surface area (Å²) in [7, 11) is 0. The van der Waals surface area contributed by atoms with Crippen LogP contribution in [-0.4, -0.2) is 26.7 Å². The number of phenolic OH excluding ortho intramolecular Hbond substituents is 2. The lowest BCUT2D eigenvalue weighted by Gasteiger charge is -2.05. The van der Waals surface area contributed by atoms with Crippen molar-refractivity contribution in [1.29, 1.82) is 0 Å². The average Bonchev–Trinajstić information content (AvgIpc) is 2.54. The third-order valence-corrected chi connectivity index (χ3v) is 3.83. The molecule has 0 atom stereocenters. The van der Waals surface area contributed by atoms with Gasteiger partial charge >= 0.3 is 0 Å². The number of Topliss-reactive ketones (excluding diaryl/α,β-unsaturated/α-hetero) is 2. The van der Waals surface area contributed by atoms with Gasteiger partial charge < -0.3 is 15.9 Å². The predicted octanol–water partition coefficient (Wildman–Crippen LogP) is 3.30. The van der Waals surface area contributed by atoms with Gasteiger partial charge in [-0.2, -0.15) is 0 Å². The summed E-state index contributed by atoms with van der Waals surface area (Å²) in [6, 6.07) is 5.61. The van der Waals surface area contributed by atoms with E-state index in [0.717, 1.165) is 0 Å². The van der Waals surface area contributed by atoms with E-state index in [4.69, 9.17) is 5.73 Å². The Kier molecular flexibility index (Phi) is 6.43. The number of rotatable bonds is 3. The summed E-state index contributed by atoms with van der Waals surface area (Å²) in [4.78, 5) is 31.8. The number of aromatic hydroxyl groups is 2. The van der Waals surface area contributed by atoms with Gasteiger partial charge in [0.1, 0.15) is 11.5 Å². The molecule has 0 heterocycles. The largest absolute Gasteiger partial charge is 0.507 e. The van der Waals surface area contributed by atoms with Gasteiger partial charge in [0, 0.05) is 17.3 Å². The quantitative estimate of drug-likeness (QED) is 0.329. The Labute approximate surface area is 150 Å². The smallest absolute Gasteiger partial charge is 0.276 e. The van der Waals surface area contributed by atoms with E-state index in [0.29, 0.717) is 16.8 Å². The Morgan fingerprint density at radius 2 is 1.35 bits per heavy atom. The number of phenols is 2. The zero-order valence-corrected chi connectivity index (χ0v) is 14.9. The monoisotopic (exact) mass is 360 g/mol. The van der Waals surface area contributed by atoms with Gasteiger partial charge in [0.15, 0.2) is 11.6 Å². The summed E-state index contributed by atoms with van der Waals surface area (Å²) in [5.41, 5.74) is 6.93. The molecule has 0 saturated heterocycles. The lowest BCUT2D eigenvalue weighted by molar-refractivity contribution is -0.385. The lowest BCUT2D eigenvalue weighted by atomic mass is 10.1. The highest BCUT2D eigenvalue weighted by Gasteiger charge is 2.18. The van der Waals surface area contributed by atoms with Crippen LogP contribution >= 0.6 is 0 Å². The van der Waals surface area contributed by atoms with Crippen LogP contribution in [0.1, 0.15) is 45.7 Å². The first-order chi connectivity index (χ1) is 12.0. The molecule has 0 fully saturated rings. The van der Waals surface area contributed by atoms with E-state index < -0.39 is 4.92 Å². The van der Waals surface area contributed by atoms with E-state index in [2.05, 4.69) is 0 Å². The molecular formula is C18H20N2O6. The number of nitro benzene ring substituents is 1. The van der Waals surface area contributed by atoms with Gasteiger partial charge in [-0.1, -0.05) is 0 Å². The summed E-state index contributed by atoms with van der Waals surface area (Å²) in [5, 5.41) is 29.4. The van der Waals surface area contributed by atoms with Gasteiger partial charge in [0.05, 0.1) is 21.6 Å². The van der Waals surface area contributed by atoms with Crippen molar-refractivity contribution < 1.29 is 24.7 Å². The van der Waals surface area contributed by atoms with Crippen molar-refractivity contribution in [1.82, 2.24) is 0 Å². The molecule has 0 bridgehead atoms. The highest BCUT2D eigenvalue weighted by Crippen LogP contribution is 2.30. The minimum Gasteiger partial charge on any atom is -0.507 e. The van der Waals surface area contributed by atoms with Crippen LogP contribution in [0.5, 0.6) is 11.5 Å². The minimum absolute atomic E-state index is 0.0116. The third kappa shape index (κ3) is 4.35. The molecule has 2 aromatic rings. The predicted molar refractivity (Wildman–Crippen MR) is 96.8 cm³/mol. The summed E-state index contributed by atoms with van der Waals surface area (Å²) < 4.78 is 0. The minimum atomic E-state index is -0.598. The SMILES string of the molecule is CC(=O)c1ccc(N)c(C)c1O.CC(=O)c1ccc([N+](=O)[O-])c(C)c1O. The number of nitrogens with zero attached hydrogens (tertiary/aromatic N) is 1. The first kappa shape index (κ1) is 20.6. The number of benzene rings is 2. The van der Waals surface area contributed by atoms with Crippen molar-refractivity contribution in [3.63, 3.8) is 0 Å². The van der Waals surface area contributed by atoms with E-state index in [-0.39, 0.29) is 39.9 Å². The molecule has 2 rings (SSSR count). The molecule has 0 amide bonds. The van der Waals surface area contributed by atoms with E-state index in [1.54, 1.807) is 13.0 Å². The fourth-order valence-electron chi connectivity index (χ4n) is 2.17. The van der Waals surface area contributed by atoms with Crippen molar-refractivity contribution in [2.75, 3.05) is 5.73 Å². The average molecular weight is 360 g/mol. The van der Waals surface area contributed by atoms with Gasteiger partial charge in [-0.3, -0.25) is 19.7 Å². The second-order valence-corrected chi connectivity index (χ2v) is 5.65. The Hall–Kier alpha value is -3.42. The maximum atomic E-state index is 11.0. The number of nitrogen functional groups attached to an aromatic ring is 1. The normalized spacial score (nSPS) is 9.85. The number of nitro groups is 1. The number of carbonyl (C=O) groups excluding carboxylic acids is 2. The van der Waals surface area contributed by atoms with Crippen LogP contribution in [0, 0.1) is 24.0 Å². The van der Waals surface area contributed by atoms with Crippen LogP contribution in [0.4, 0.5) is 11.4 Å². The zero-order chi connectivity index (χ0) is 20.2. The van der Waals surface area contributed by atoms with E-state index in [1.807, 2.05) is 0 Å². The van der Waals surface area contributed by atoms with Gasteiger partial charge in [0.2, 0.25) is 0 Å². The van der Waals surface area contributed by atoms with Gasteiger partial charge in [-0.15, -0.1) is 0 Å². The fourth-order valence-corrected chi connectivity index (χ4v) is 2.17. The number of carbonyl (C=O) groups is 2. The molecule has 2 aromatic carbocycles. The molecule has 0 radical (unpaired) electrons. The van der Waals surface area contributed by atoms with Crippen LogP contribution in [-0.2, 0) is 0 Å². The van der Waals surface area contributed by atoms with Crippen molar-refractivity contribution in [2.45, 2.75) is 27.7 Å². The van der Waals surface area contributed by atoms with Crippen molar-refractivity contribution in [3.8, 4) is 11.5 Å². The Morgan fingerprint density at radius 3 is 1.77 bits per heavy atom. The summed E-state index contributed by atoms with van der Waals surface area (Å²) in [6.07, 6.45) is 0. The molecule has 0 aliphatic rings. The van der Waals surface area contributed by atoms with Crippen LogP contribution in [0.2, 0.25) is 0 Å². The van der Waals surface area contributed by atoms with Crippen LogP contribution in [0.3, 0.4) is 0 Å². The number of hydrogen-bond donors (Lipinski definition) is 3. The Balaban J connectivity index is 0.000000263. The summed E-state index contributed by atoms with van der Waals surface area (Å²) in [5.74, 6) is -0.801. The first-order valence-corrected chi connectivity index (χ1v) is 7.55. The van der Waals surface area contributed by atoms with E-state index in [1.165, 1.54) is 39.0 Å². The summed E-state index contributed by atoms with van der Waals surface area (Å²) in [6.45, 7) is 5.78. The lowest BCUT2D eigenvalue weighted by Crippen LogP contribution is -1.98. The molecular weight excluding hydrogens is 340 g/mol. The molecule has 0 saturated carbocycles. The zero-order valence-electron chi connectivity index (χ0n) is 14.9. The summed E-state index contributed by atoms with van der Waals surface area (Å²) >= 11 is 0. The number of anilines is 1. The maximum Gasteiger partial charge on any atom is 0.276 e. The van der Waals surface area contributed by atoms with Gasteiger partial charge in [-0.25, -0.2) is 0 Å². The topological polar surface area (TPSA) is 144 Å². The molecule has 0 spiro atoms. The molecule has 8 heteroatoms. The first-order valence-electron chi connectivity index (χ1n) is 7.55. The molecule has 0 aromatic heterocycles. The van der Waals surface area contributed by atoms with E-state index >= 15 is 0 Å². The number of nitrogens with two attached hydrogens (primary N) is 1. The van der Waals surface area contributed by atoms with Crippen LogP contribution < -0.4 is 5.73 Å². The standard InChI is InChI=1S/C9H9NO4.C9H11NO2/c1-5-8(10(13)14)4-3-7(6(2)11)9(5)12;1-5-8(10)4-3-7(6(2)11)9(5)12/h3-4,12H,1-2H3;3-4,12H,10H2,1-2H3. The van der Waals surface area contributed by atoms with Crippen LogP contribution in [0.15, 0.2) is 24.3 Å². The number of ketones is 2. The Bertz CT molecular complexity index is 851. The van der Waals surface area contributed by atoms with Crippen molar-refractivity contribution >= 4 is 22.9 Å². The molecule has 4 N–H and O–H groups in total. The highest BCUT2D eigenvalue weighted by molar-refractivity contribution is 5.98. The molecule has 26 heavy (non-hydrogen) atoms. The Morgan fingerprint density at radius 1 is 0.923 bits per heavy atom. The van der Waals surface area contributed by atoms with Gasteiger partial charge in [-0.05, 0) is 45.9 Å². The van der Waals surface area contributed by atoms with Crippen molar-refractivity contribution in [3.05, 3.63) is 56.6 Å². The molecule has 8 nitrogen and oxygen atoms in total. The molecule has 0 aliphatic heterocycles. The van der Waals surface area contributed by atoms with E-state index in [9.17, 15) is 29.9 Å². The maximum absolute atomic E-state index is 11.0. The fraction of sp³-hybridized carbons (Fsp3) is 0.222. The molecule has 0 aliphatic carbocycles. The van der Waals surface area contributed by atoms with Crippen molar-refractivity contribution in [2.24, 2.45) is 0 Å². The third-order valence-electron chi connectivity index (χ3n) is 3.83. The highest BCUT2D eigenvalue weighted by atomic mass is 16.6. The second-order valence-electron chi connectivity index (χ2n) is 5.65. The number of hydrogen-bond acceptors (Lipinski definition) is 7.